The third-order valence-corrected chi connectivity index (χ3v) is 4.50. The number of hydrogen-bond donors (Lipinski definition) is 1. The average molecular weight is 416 g/mol. The van der Waals surface area contributed by atoms with Gasteiger partial charge in [-0.25, -0.2) is 17.2 Å². The van der Waals surface area contributed by atoms with Gasteiger partial charge in [-0.3, -0.25) is 4.72 Å². The lowest BCUT2D eigenvalue weighted by Gasteiger charge is -2.12. The van der Waals surface area contributed by atoms with Gasteiger partial charge in [0.15, 0.2) is 11.6 Å². The normalized spacial score (nSPS) is 12.3. The maximum absolute atomic E-state index is 13.1. The second kappa shape index (κ2) is 6.08. The SMILES string of the molecule is O=S(=O)(Nc1ccc(F)c(F)c1)c1cc(Br)cc(C(F)(F)F)c1. The van der Waals surface area contributed by atoms with Gasteiger partial charge >= 0.3 is 6.18 Å². The minimum atomic E-state index is -4.74. The first-order valence-electron chi connectivity index (χ1n) is 5.85. The van der Waals surface area contributed by atoms with Crippen molar-refractivity contribution < 1.29 is 30.4 Å². The Morgan fingerprint density at radius 1 is 0.957 bits per heavy atom. The van der Waals surface area contributed by atoms with E-state index in [2.05, 4.69) is 15.9 Å². The van der Waals surface area contributed by atoms with E-state index in [1.54, 1.807) is 0 Å². The van der Waals surface area contributed by atoms with E-state index in [4.69, 9.17) is 0 Å². The van der Waals surface area contributed by atoms with Gasteiger partial charge in [0.2, 0.25) is 0 Å². The molecule has 0 radical (unpaired) electrons. The van der Waals surface area contributed by atoms with Gasteiger partial charge in [0.25, 0.3) is 10.0 Å². The molecule has 0 heterocycles. The van der Waals surface area contributed by atoms with Crippen LogP contribution >= 0.6 is 15.9 Å². The molecule has 0 fully saturated rings. The summed E-state index contributed by atoms with van der Waals surface area (Å²) in [5.41, 5.74) is -1.49. The van der Waals surface area contributed by atoms with Crippen LogP contribution in [0.15, 0.2) is 45.8 Å². The van der Waals surface area contributed by atoms with Crippen LogP contribution in [0.3, 0.4) is 0 Å². The summed E-state index contributed by atoms with van der Waals surface area (Å²) in [6.45, 7) is 0. The highest BCUT2D eigenvalue weighted by Gasteiger charge is 2.32. The quantitative estimate of drug-likeness (QED) is 0.747. The van der Waals surface area contributed by atoms with Gasteiger partial charge in [0.1, 0.15) is 0 Å². The molecule has 0 saturated carbocycles. The number of rotatable bonds is 3. The first-order chi connectivity index (χ1) is 10.5. The van der Waals surface area contributed by atoms with E-state index in [0.29, 0.717) is 18.2 Å². The summed E-state index contributed by atoms with van der Waals surface area (Å²) < 4.78 is 90.1. The smallest absolute Gasteiger partial charge is 0.280 e. The van der Waals surface area contributed by atoms with E-state index in [0.717, 1.165) is 18.2 Å². The molecular formula is C13H7BrF5NO2S. The van der Waals surface area contributed by atoms with Crippen molar-refractivity contribution in [2.45, 2.75) is 11.1 Å². The van der Waals surface area contributed by atoms with Gasteiger partial charge in [-0.1, -0.05) is 15.9 Å². The standard InChI is InChI=1S/C13H7BrF5NO2S/c14-8-3-7(13(17,18)19)4-10(5-8)23(21,22)20-9-1-2-11(15)12(16)6-9/h1-6,20H. The van der Waals surface area contributed by atoms with Crippen molar-refractivity contribution in [3.63, 3.8) is 0 Å². The Morgan fingerprint density at radius 3 is 2.17 bits per heavy atom. The third-order valence-electron chi connectivity index (χ3n) is 2.68. The minimum Gasteiger partial charge on any atom is -0.280 e. The molecule has 0 aliphatic heterocycles. The predicted molar refractivity (Wildman–Crippen MR) is 76.3 cm³/mol. The molecule has 0 aliphatic carbocycles. The summed E-state index contributed by atoms with van der Waals surface area (Å²) in [7, 11) is -4.42. The van der Waals surface area contributed by atoms with Crippen molar-refractivity contribution in [3.05, 3.63) is 58.1 Å². The monoisotopic (exact) mass is 415 g/mol. The zero-order chi connectivity index (χ0) is 17.4. The minimum absolute atomic E-state index is 0.0991. The molecule has 2 aromatic rings. The number of nitrogens with one attached hydrogen (secondary N) is 1. The molecule has 0 aromatic heterocycles. The van der Waals surface area contributed by atoms with Gasteiger partial charge in [-0.05, 0) is 30.3 Å². The number of alkyl halides is 3. The molecule has 0 saturated heterocycles. The maximum Gasteiger partial charge on any atom is 0.416 e. The zero-order valence-corrected chi connectivity index (χ0v) is 13.4. The fourth-order valence-electron chi connectivity index (χ4n) is 1.66. The highest BCUT2D eigenvalue weighted by Crippen LogP contribution is 2.33. The van der Waals surface area contributed by atoms with E-state index in [1.807, 2.05) is 4.72 Å². The summed E-state index contributed by atoms with van der Waals surface area (Å²) in [6, 6.07) is 4.32. The summed E-state index contributed by atoms with van der Waals surface area (Å²) in [5.74, 6) is -2.48. The fourth-order valence-corrected chi connectivity index (χ4v) is 3.42. The number of anilines is 1. The molecular weight excluding hydrogens is 409 g/mol. The Hall–Kier alpha value is -1.68. The van der Waals surface area contributed by atoms with Gasteiger partial charge in [-0.15, -0.1) is 0 Å². The lowest BCUT2D eigenvalue weighted by atomic mass is 10.2. The molecule has 0 aliphatic rings. The Kier molecular flexibility index (Phi) is 4.67. The van der Waals surface area contributed by atoms with Crippen LogP contribution in [-0.2, 0) is 16.2 Å². The van der Waals surface area contributed by atoms with Crippen LogP contribution < -0.4 is 4.72 Å². The van der Waals surface area contributed by atoms with Crippen LogP contribution in [0, 0.1) is 11.6 Å². The van der Waals surface area contributed by atoms with Gasteiger partial charge in [0, 0.05) is 10.5 Å². The second-order valence-electron chi connectivity index (χ2n) is 4.41. The highest BCUT2D eigenvalue weighted by molar-refractivity contribution is 9.10. The molecule has 23 heavy (non-hydrogen) atoms. The highest BCUT2D eigenvalue weighted by atomic mass is 79.9. The molecule has 2 rings (SSSR count). The first-order valence-corrected chi connectivity index (χ1v) is 8.12. The first kappa shape index (κ1) is 17.7. The fraction of sp³-hybridized carbons (Fsp3) is 0.0769. The zero-order valence-electron chi connectivity index (χ0n) is 11.0. The second-order valence-corrected chi connectivity index (χ2v) is 7.01. The summed E-state index contributed by atoms with van der Waals surface area (Å²) >= 11 is 2.80. The summed E-state index contributed by atoms with van der Waals surface area (Å²) in [5, 5.41) is 0. The Morgan fingerprint density at radius 2 is 1.61 bits per heavy atom. The van der Waals surface area contributed by atoms with E-state index in [1.165, 1.54) is 0 Å². The van der Waals surface area contributed by atoms with E-state index in [-0.39, 0.29) is 10.2 Å². The number of hydrogen-bond acceptors (Lipinski definition) is 2. The molecule has 3 nitrogen and oxygen atoms in total. The van der Waals surface area contributed by atoms with Crippen molar-refractivity contribution in [1.29, 1.82) is 0 Å². The van der Waals surface area contributed by atoms with Crippen molar-refractivity contribution in [1.82, 2.24) is 0 Å². The molecule has 2 aromatic carbocycles. The molecule has 10 heteroatoms. The van der Waals surface area contributed by atoms with Crippen molar-refractivity contribution in [2.24, 2.45) is 0 Å². The van der Waals surface area contributed by atoms with E-state index in [9.17, 15) is 30.4 Å². The van der Waals surface area contributed by atoms with Crippen molar-refractivity contribution in [2.75, 3.05) is 4.72 Å². The molecule has 0 bridgehead atoms. The number of sulfonamides is 1. The Labute approximate surface area is 136 Å². The Balaban J connectivity index is 2.43. The predicted octanol–water partition coefficient (Wildman–Crippen LogP) is 4.55. The molecule has 0 atom stereocenters. The van der Waals surface area contributed by atoms with Crippen molar-refractivity contribution in [3.8, 4) is 0 Å². The average Bonchev–Trinajstić information content (AvgIpc) is 2.41. The van der Waals surface area contributed by atoms with Crippen LogP contribution in [0.5, 0.6) is 0 Å². The number of halogens is 6. The number of benzene rings is 2. The van der Waals surface area contributed by atoms with Crippen LogP contribution in [0.4, 0.5) is 27.6 Å². The third kappa shape index (κ3) is 4.20. The largest absolute Gasteiger partial charge is 0.416 e. The summed E-state index contributed by atoms with van der Waals surface area (Å²) in [4.78, 5) is -0.677. The van der Waals surface area contributed by atoms with Gasteiger partial charge in [0.05, 0.1) is 16.1 Å². The van der Waals surface area contributed by atoms with E-state index < -0.39 is 38.3 Å². The van der Waals surface area contributed by atoms with Crippen molar-refractivity contribution >= 4 is 31.6 Å². The maximum atomic E-state index is 13.1. The van der Waals surface area contributed by atoms with Crippen LogP contribution in [0.25, 0.3) is 0 Å². The van der Waals surface area contributed by atoms with Crippen LogP contribution in [0.1, 0.15) is 5.56 Å². The topological polar surface area (TPSA) is 46.2 Å². The van der Waals surface area contributed by atoms with E-state index >= 15 is 0 Å². The molecule has 0 amide bonds. The van der Waals surface area contributed by atoms with Gasteiger partial charge in [-0.2, -0.15) is 13.2 Å². The molecule has 1 N–H and O–H groups in total. The molecule has 0 unspecified atom stereocenters. The lowest BCUT2D eigenvalue weighted by Crippen LogP contribution is -2.15. The molecule has 0 spiro atoms. The van der Waals surface area contributed by atoms with Crippen LogP contribution in [0.2, 0.25) is 0 Å². The summed E-state index contributed by atoms with van der Waals surface area (Å²) in [6.07, 6.45) is -4.74. The Bertz CT molecular complexity index is 852. The lowest BCUT2D eigenvalue weighted by molar-refractivity contribution is -0.137. The molecule has 124 valence electrons. The van der Waals surface area contributed by atoms with Gasteiger partial charge < -0.3 is 0 Å². The van der Waals surface area contributed by atoms with Crippen LogP contribution in [-0.4, -0.2) is 8.42 Å².